The second kappa shape index (κ2) is 8.87. The summed E-state index contributed by atoms with van der Waals surface area (Å²) in [6.45, 7) is 0.624. The van der Waals surface area contributed by atoms with E-state index >= 15 is 0 Å². The molecule has 0 fully saturated rings. The summed E-state index contributed by atoms with van der Waals surface area (Å²) in [5, 5.41) is 0. The van der Waals surface area contributed by atoms with E-state index in [1.807, 2.05) is 0 Å². The second-order valence-electron chi connectivity index (χ2n) is 2.39. The predicted molar refractivity (Wildman–Crippen MR) is 50.8 cm³/mol. The maximum absolute atomic E-state index is 11.9. The van der Waals surface area contributed by atoms with Gasteiger partial charge in [-0.15, -0.1) is 0 Å². The van der Waals surface area contributed by atoms with Crippen LogP contribution in [0.4, 0.5) is 4.39 Å². The molecule has 13 heavy (non-hydrogen) atoms. The van der Waals surface area contributed by atoms with Crippen molar-refractivity contribution in [3.05, 3.63) is 36.1 Å². The number of aldehydes is 1. The van der Waals surface area contributed by atoms with Crippen molar-refractivity contribution >= 4 is 6.29 Å². The third-order valence-corrected chi connectivity index (χ3v) is 1.26. The van der Waals surface area contributed by atoms with Crippen LogP contribution in [-0.2, 0) is 4.79 Å². The number of hydrogen-bond acceptors (Lipinski definition) is 2. The largest absolute Gasteiger partial charge is 0.330 e. The summed E-state index contributed by atoms with van der Waals surface area (Å²) in [4.78, 5) is 9.51. The molecule has 0 aliphatic rings. The molecular formula is C10H14FNO. The summed E-state index contributed by atoms with van der Waals surface area (Å²) in [6.07, 6.45) is 2.31. The number of unbranched alkanes of at least 4 members (excludes halogenated alkanes) is 1. The first-order valence-electron chi connectivity index (χ1n) is 4.15. The van der Waals surface area contributed by atoms with Crippen LogP contribution in [0.3, 0.4) is 0 Å². The Bertz CT molecular complexity index is 213. The number of benzene rings is 1. The summed E-state index contributed by atoms with van der Waals surface area (Å²) in [5.74, 6) is -0.178. The minimum atomic E-state index is -0.178. The summed E-state index contributed by atoms with van der Waals surface area (Å²) in [5.41, 5.74) is 5.06. The molecule has 3 heteroatoms. The standard InChI is InChI=1S/C6H5F.C4H9NO/c7-6-4-2-1-3-5-6;5-3-1-2-4-6/h1-5H;4H,1-3,5H2. The number of carbonyl (C=O) groups is 1. The molecule has 1 aromatic carbocycles. The molecule has 0 bridgehead atoms. The molecule has 0 atom stereocenters. The summed E-state index contributed by atoms with van der Waals surface area (Å²) < 4.78 is 11.9. The molecule has 0 heterocycles. The van der Waals surface area contributed by atoms with Gasteiger partial charge in [0.15, 0.2) is 0 Å². The van der Waals surface area contributed by atoms with Crippen LogP contribution in [-0.4, -0.2) is 12.8 Å². The molecule has 0 amide bonds. The number of rotatable bonds is 3. The van der Waals surface area contributed by atoms with Crippen LogP contribution >= 0.6 is 0 Å². The highest BCUT2D eigenvalue weighted by atomic mass is 19.1. The molecule has 0 spiro atoms. The molecule has 1 rings (SSSR count). The fourth-order valence-electron chi connectivity index (χ4n) is 0.616. The second-order valence-corrected chi connectivity index (χ2v) is 2.39. The fraction of sp³-hybridized carbons (Fsp3) is 0.300. The zero-order valence-electron chi connectivity index (χ0n) is 7.45. The zero-order chi connectivity index (χ0) is 9.94. The summed E-state index contributed by atoms with van der Waals surface area (Å²) in [6, 6.07) is 7.94. The van der Waals surface area contributed by atoms with E-state index in [0.717, 1.165) is 12.7 Å². The maximum atomic E-state index is 11.9. The van der Waals surface area contributed by atoms with Crippen molar-refractivity contribution in [2.75, 3.05) is 6.54 Å². The van der Waals surface area contributed by atoms with E-state index in [-0.39, 0.29) is 5.82 Å². The fourth-order valence-corrected chi connectivity index (χ4v) is 0.616. The van der Waals surface area contributed by atoms with Gasteiger partial charge in [0.2, 0.25) is 0 Å². The van der Waals surface area contributed by atoms with Gasteiger partial charge < -0.3 is 10.5 Å². The Balaban J connectivity index is 0.000000226. The van der Waals surface area contributed by atoms with Crippen LogP contribution < -0.4 is 5.73 Å². The Morgan fingerprint density at radius 2 is 1.92 bits per heavy atom. The monoisotopic (exact) mass is 183 g/mol. The summed E-state index contributed by atoms with van der Waals surface area (Å²) in [7, 11) is 0. The predicted octanol–water partition coefficient (Wildman–Crippen LogP) is 1.75. The van der Waals surface area contributed by atoms with Crippen molar-refractivity contribution in [1.82, 2.24) is 0 Å². The first-order chi connectivity index (χ1) is 6.31. The van der Waals surface area contributed by atoms with Gasteiger partial charge in [-0.1, -0.05) is 18.2 Å². The van der Waals surface area contributed by atoms with Crippen LogP contribution in [0, 0.1) is 5.82 Å². The average molecular weight is 183 g/mol. The molecule has 2 N–H and O–H groups in total. The number of nitrogens with two attached hydrogens (primary N) is 1. The van der Waals surface area contributed by atoms with E-state index in [9.17, 15) is 9.18 Å². The SMILES string of the molecule is Fc1ccccc1.NCCCC=O. The number of carbonyl (C=O) groups excluding carboxylic acids is 1. The minimum absolute atomic E-state index is 0.178. The quantitative estimate of drug-likeness (QED) is 0.573. The highest BCUT2D eigenvalue weighted by molar-refractivity contribution is 5.48. The van der Waals surface area contributed by atoms with E-state index < -0.39 is 0 Å². The number of hydrogen-bond donors (Lipinski definition) is 1. The van der Waals surface area contributed by atoms with Crippen molar-refractivity contribution in [3.63, 3.8) is 0 Å². The van der Waals surface area contributed by atoms with Crippen molar-refractivity contribution in [3.8, 4) is 0 Å². The topological polar surface area (TPSA) is 43.1 Å². The molecule has 0 saturated carbocycles. The molecule has 72 valence electrons. The minimum Gasteiger partial charge on any atom is -0.330 e. The van der Waals surface area contributed by atoms with Crippen LogP contribution in [0.15, 0.2) is 30.3 Å². The molecule has 0 aliphatic heterocycles. The molecule has 0 unspecified atom stereocenters. The molecule has 0 aromatic heterocycles. The van der Waals surface area contributed by atoms with Gasteiger partial charge in [-0.05, 0) is 25.1 Å². The van der Waals surface area contributed by atoms with E-state index in [2.05, 4.69) is 0 Å². The number of halogens is 1. The van der Waals surface area contributed by atoms with Gasteiger partial charge in [0, 0.05) is 6.42 Å². The highest BCUT2D eigenvalue weighted by Crippen LogP contribution is 1.91. The molecule has 0 saturated heterocycles. The Labute approximate surface area is 77.6 Å². The average Bonchev–Trinajstić information content (AvgIpc) is 2.17. The molecule has 0 radical (unpaired) electrons. The van der Waals surface area contributed by atoms with Gasteiger partial charge >= 0.3 is 0 Å². The van der Waals surface area contributed by atoms with E-state index in [1.54, 1.807) is 18.2 Å². The van der Waals surface area contributed by atoms with Crippen molar-refractivity contribution in [2.45, 2.75) is 12.8 Å². The first kappa shape index (κ1) is 11.8. The molecule has 0 aliphatic carbocycles. The lowest BCUT2D eigenvalue weighted by molar-refractivity contribution is -0.107. The lowest BCUT2D eigenvalue weighted by Gasteiger charge is -1.79. The van der Waals surface area contributed by atoms with Gasteiger partial charge in [-0.3, -0.25) is 0 Å². The van der Waals surface area contributed by atoms with Crippen LogP contribution in [0.1, 0.15) is 12.8 Å². The molecular weight excluding hydrogens is 169 g/mol. The lowest BCUT2D eigenvalue weighted by Crippen LogP contribution is -1.97. The molecule has 2 nitrogen and oxygen atoms in total. The van der Waals surface area contributed by atoms with Crippen LogP contribution in [0.25, 0.3) is 0 Å². The summed E-state index contributed by atoms with van der Waals surface area (Å²) >= 11 is 0. The van der Waals surface area contributed by atoms with E-state index in [1.165, 1.54) is 12.1 Å². The van der Waals surface area contributed by atoms with E-state index in [0.29, 0.717) is 13.0 Å². The first-order valence-corrected chi connectivity index (χ1v) is 4.15. The van der Waals surface area contributed by atoms with Crippen molar-refractivity contribution in [1.29, 1.82) is 0 Å². The van der Waals surface area contributed by atoms with Gasteiger partial charge in [-0.2, -0.15) is 0 Å². The highest BCUT2D eigenvalue weighted by Gasteiger charge is 1.77. The van der Waals surface area contributed by atoms with E-state index in [4.69, 9.17) is 5.73 Å². The lowest BCUT2D eigenvalue weighted by atomic mass is 10.3. The Kier molecular flexibility index (Phi) is 8.04. The maximum Gasteiger partial charge on any atom is 0.123 e. The van der Waals surface area contributed by atoms with Gasteiger partial charge in [0.25, 0.3) is 0 Å². The van der Waals surface area contributed by atoms with Gasteiger partial charge in [-0.25, -0.2) is 4.39 Å². The molecule has 1 aromatic rings. The Morgan fingerprint density at radius 3 is 2.15 bits per heavy atom. The van der Waals surface area contributed by atoms with Gasteiger partial charge in [0.1, 0.15) is 12.1 Å². The van der Waals surface area contributed by atoms with Gasteiger partial charge in [0.05, 0.1) is 0 Å². The van der Waals surface area contributed by atoms with Crippen LogP contribution in [0.5, 0.6) is 0 Å². The third kappa shape index (κ3) is 8.69. The van der Waals surface area contributed by atoms with Crippen molar-refractivity contribution < 1.29 is 9.18 Å². The van der Waals surface area contributed by atoms with Crippen molar-refractivity contribution in [2.24, 2.45) is 5.73 Å². The Hall–Kier alpha value is -1.22. The third-order valence-electron chi connectivity index (χ3n) is 1.26. The Morgan fingerprint density at radius 1 is 1.31 bits per heavy atom. The van der Waals surface area contributed by atoms with Crippen LogP contribution in [0.2, 0.25) is 0 Å². The zero-order valence-corrected chi connectivity index (χ0v) is 7.45. The smallest absolute Gasteiger partial charge is 0.123 e. The normalized spacial score (nSPS) is 8.46.